The second-order valence-electron chi connectivity index (χ2n) is 3.66. The van der Waals surface area contributed by atoms with E-state index in [0.29, 0.717) is 5.82 Å². The zero-order valence-corrected chi connectivity index (χ0v) is 8.71. The van der Waals surface area contributed by atoms with Crippen LogP contribution in [0.2, 0.25) is 0 Å². The maximum absolute atomic E-state index is 5.59. The molecule has 0 fully saturated rings. The molecule has 5 heteroatoms. The van der Waals surface area contributed by atoms with Gasteiger partial charge >= 0.3 is 0 Å². The third-order valence-corrected chi connectivity index (χ3v) is 2.50. The zero-order valence-electron chi connectivity index (χ0n) is 8.71. The fourth-order valence-electron chi connectivity index (χ4n) is 1.72. The van der Waals surface area contributed by atoms with Gasteiger partial charge in [-0.3, -0.25) is 4.68 Å². The Hall–Kier alpha value is -2.30. The number of nitrogens with two attached hydrogens (primary N) is 1. The molecule has 0 unspecified atom stereocenters. The maximum atomic E-state index is 5.59. The van der Waals surface area contributed by atoms with Crippen LogP contribution in [0.1, 0.15) is 0 Å². The molecule has 0 bridgehead atoms. The minimum Gasteiger partial charge on any atom is -0.463 e. The summed E-state index contributed by atoms with van der Waals surface area (Å²) in [6.45, 7) is 0. The van der Waals surface area contributed by atoms with Crippen molar-refractivity contribution in [2.75, 3.05) is 5.73 Å². The van der Waals surface area contributed by atoms with Crippen LogP contribution in [-0.2, 0) is 7.05 Å². The molecule has 0 radical (unpaired) electrons. The van der Waals surface area contributed by atoms with Crippen molar-refractivity contribution in [3.8, 4) is 11.1 Å². The molecule has 0 aliphatic heterocycles. The summed E-state index contributed by atoms with van der Waals surface area (Å²) in [5.74, 6) is 0.458. The van der Waals surface area contributed by atoms with Crippen LogP contribution in [-0.4, -0.2) is 14.8 Å². The molecule has 0 atom stereocenters. The molecule has 16 heavy (non-hydrogen) atoms. The van der Waals surface area contributed by atoms with Crippen molar-refractivity contribution in [3.63, 3.8) is 0 Å². The largest absolute Gasteiger partial charge is 0.463 e. The summed E-state index contributed by atoms with van der Waals surface area (Å²) < 4.78 is 7.19. The molecule has 3 heterocycles. The molecule has 0 amide bonds. The lowest BCUT2D eigenvalue weighted by Gasteiger charge is -1.93. The maximum Gasteiger partial charge on any atom is 0.139 e. The molecule has 80 valence electrons. The lowest BCUT2D eigenvalue weighted by atomic mass is 10.1. The summed E-state index contributed by atoms with van der Waals surface area (Å²) in [6, 6.07) is 1.72. The number of pyridine rings is 1. The van der Waals surface area contributed by atoms with Crippen LogP contribution in [0.25, 0.3) is 22.1 Å². The van der Waals surface area contributed by atoms with Crippen molar-refractivity contribution >= 4 is 16.8 Å². The fourth-order valence-corrected chi connectivity index (χ4v) is 1.72. The minimum absolute atomic E-state index is 0.458. The summed E-state index contributed by atoms with van der Waals surface area (Å²) in [5, 5.41) is 5.07. The molecular weight excluding hydrogens is 204 g/mol. The number of aromatic nitrogens is 3. The van der Waals surface area contributed by atoms with Crippen LogP contribution in [0.3, 0.4) is 0 Å². The Bertz CT molecular complexity index is 653. The summed E-state index contributed by atoms with van der Waals surface area (Å²) in [5.41, 5.74) is 8.32. The normalized spacial score (nSPS) is 11.1. The summed E-state index contributed by atoms with van der Waals surface area (Å²) in [6.07, 6.45) is 7.14. The zero-order chi connectivity index (χ0) is 11.1. The van der Waals surface area contributed by atoms with E-state index < -0.39 is 0 Å². The number of furan rings is 1. The second kappa shape index (κ2) is 3.10. The van der Waals surface area contributed by atoms with Gasteiger partial charge in [-0.1, -0.05) is 0 Å². The first-order valence-electron chi connectivity index (χ1n) is 4.86. The van der Waals surface area contributed by atoms with Gasteiger partial charge in [0.1, 0.15) is 11.4 Å². The Labute approximate surface area is 91.5 Å². The second-order valence-corrected chi connectivity index (χ2v) is 3.66. The topological polar surface area (TPSA) is 69.9 Å². The van der Waals surface area contributed by atoms with Crippen molar-refractivity contribution < 1.29 is 4.42 Å². The predicted molar refractivity (Wildman–Crippen MR) is 60.6 cm³/mol. The highest BCUT2D eigenvalue weighted by atomic mass is 16.3. The first kappa shape index (κ1) is 8.96. The highest BCUT2D eigenvalue weighted by Crippen LogP contribution is 2.30. The highest BCUT2D eigenvalue weighted by Gasteiger charge is 2.10. The molecule has 0 saturated heterocycles. The molecule has 0 spiro atoms. The van der Waals surface area contributed by atoms with E-state index in [2.05, 4.69) is 10.1 Å². The van der Waals surface area contributed by atoms with Gasteiger partial charge in [0.15, 0.2) is 0 Å². The Morgan fingerprint density at radius 2 is 2.25 bits per heavy atom. The van der Waals surface area contributed by atoms with Gasteiger partial charge in [-0.2, -0.15) is 5.10 Å². The van der Waals surface area contributed by atoms with E-state index >= 15 is 0 Å². The smallest absolute Gasteiger partial charge is 0.139 e. The van der Waals surface area contributed by atoms with E-state index in [1.807, 2.05) is 13.2 Å². The van der Waals surface area contributed by atoms with Crippen LogP contribution in [0, 0.1) is 0 Å². The lowest BCUT2D eigenvalue weighted by Crippen LogP contribution is -1.87. The Morgan fingerprint density at radius 3 is 3.00 bits per heavy atom. The van der Waals surface area contributed by atoms with Crippen molar-refractivity contribution in [1.29, 1.82) is 0 Å². The molecule has 0 aliphatic carbocycles. The van der Waals surface area contributed by atoms with Crippen LogP contribution >= 0.6 is 0 Å². The third kappa shape index (κ3) is 1.25. The number of rotatable bonds is 1. The molecule has 2 N–H and O–H groups in total. The fraction of sp³-hybridized carbons (Fsp3) is 0.0909. The number of nitrogens with zero attached hydrogens (tertiary/aromatic N) is 3. The quantitative estimate of drug-likeness (QED) is 0.670. The van der Waals surface area contributed by atoms with Gasteiger partial charge in [0.2, 0.25) is 0 Å². The number of anilines is 1. The van der Waals surface area contributed by atoms with E-state index in [1.165, 1.54) is 0 Å². The minimum atomic E-state index is 0.458. The van der Waals surface area contributed by atoms with Crippen molar-refractivity contribution in [1.82, 2.24) is 14.8 Å². The van der Waals surface area contributed by atoms with Crippen LogP contribution in [0.5, 0.6) is 0 Å². The highest BCUT2D eigenvalue weighted by molar-refractivity contribution is 5.93. The van der Waals surface area contributed by atoms with Crippen molar-refractivity contribution in [2.45, 2.75) is 0 Å². The van der Waals surface area contributed by atoms with Crippen molar-refractivity contribution in [3.05, 3.63) is 30.9 Å². The Kier molecular flexibility index (Phi) is 1.73. The van der Waals surface area contributed by atoms with Crippen LogP contribution in [0.15, 0.2) is 35.3 Å². The number of fused-ring (bicyclic) bond motifs is 1. The van der Waals surface area contributed by atoms with E-state index in [4.69, 9.17) is 10.2 Å². The summed E-state index contributed by atoms with van der Waals surface area (Å²) >= 11 is 0. The Morgan fingerprint density at radius 1 is 1.38 bits per heavy atom. The van der Waals surface area contributed by atoms with E-state index in [9.17, 15) is 0 Å². The van der Waals surface area contributed by atoms with Gasteiger partial charge in [0.05, 0.1) is 12.5 Å². The molecule has 0 aromatic carbocycles. The van der Waals surface area contributed by atoms with E-state index in [0.717, 1.165) is 22.1 Å². The first-order chi connectivity index (χ1) is 7.74. The Balaban J connectivity index is 2.25. The molecule has 3 aromatic rings. The van der Waals surface area contributed by atoms with E-state index in [-0.39, 0.29) is 0 Å². The van der Waals surface area contributed by atoms with Gasteiger partial charge in [-0.15, -0.1) is 0 Å². The standard InChI is InChI=1S/C11H10N4O/c1-15-5-7(3-14-15)9-6-16-10-2-11(12)13-4-8(9)10/h2-6H,1H3,(H2,12,13). The average Bonchev–Trinajstić information content (AvgIpc) is 2.83. The van der Waals surface area contributed by atoms with E-state index in [1.54, 1.807) is 29.4 Å². The molecule has 5 nitrogen and oxygen atoms in total. The third-order valence-electron chi connectivity index (χ3n) is 2.50. The van der Waals surface area contributed by atoms with Crippen LogP contribution < -0.4 is 5.73 Å². The molecular formula is C11H10N4O. The molecule has 0 aliphatic rings. The SMILES string of the molecule is Cn1cc(-c2coc3cc(N)ncc23)cn1. The molecule has 3 rings (SSSR count). The number of hydrogen-bond donors (Lipinski definition) is 1. The number of aryl methyl sites for hydroxylation is 1. The van der Waals surface area contributed by atoms with Gasteiger partial charge in [0, 0.05) is 42.0 Å². The van der Waals surface area contributed by atoms with Gasteiger partial charge in [-0.25, -0.2) is 4.98 Å². The van der Waals surface area contributed by atoms with Gasteiger partial charge < -0.3 is 10.2 Å². The molecule has 0 saturated carbocycles. The summed E-state index contributed by atoms with van der Waals surface area (Å²) in [4.78, 5) is 4.06. The van der Waals surface area contributed by atoms with Gasteiger partial charge in [-0.05, 0) is 0 Å². The van der Waals surface area contributed by atoms with Gasteiger partial charge in [0.25, 0.3) is 0 Å². The monoisotopic (exact) mass is 214 g/mol. The summed E-state index contributed by atoms with van der Waals surface area (Å²) in [7, 11) is 1.88. The molecule has 3 aromatic heterocycles. The van der Waals surface area contributed by atoms with Crippen LogP contribution in [0.4, 0.5) is 5.82 Å². The average molecular weight is 214 g/mol. The van der Waals surface area contributed by atoms with Crippen molar-refractivity contribution in [2.24, 2.45) is 7.05 Å². The lowest BCUT2D eigenvalue weighted by molar-refractivity contribution is 0.617. The predicted octanol–water partition coefficient (Wildman–Crippen LogP) is 1.81. The number of hydrogen-bond acceptors (Lipinski definition) is 4. The number of nitrogen functional groups attached to an aromatic ring is 1. The first-order valence-corrected chi connectivity index (χ1v) is 4.86.